The molecule has 0 aliphatic rings. The number of hydrogen-bond donors (Lipinski definition) is 1. The largest absolute Gasteiger partial charge is 0.481 e. The van der Waals surface area contributed by atoms with E-state index in [0.717, 1.165) is 12.8 Å². The van der Waals surface area contributed by atoms with Crippen LogP contribution in [0.5, 0.6) is 5.75 Å². The third-order valence-electron chi connectivity index (χ3n) is 5.00. The molecule has 0 bridgehead atoms. The van der Waals surface area contributed by atoms with Gasteiger partial charge in [-0.2, -0.15) is 0 Å². The Hall–Kier alpha value is -3.47. The van der Waals surface area contributed by atoms with Gasteiger partial charge < -0.3 is 10.1 Å². The standard InChI is InChI=1S/C26H26FNO3/c1-18(8-9-20-6-4-3-5-7-20)28-26(30)19(2)31-24-16-12-22(13-17-24)25(29)21-10-14-23(27)15-11-21/h3-7,10-19H,8-9H2,1-2H3,(H,28,30)/t18-,19+/m0/s1. The maximum absolute atomic E-state index is 13.0. The molecule has 4 nitrogen and oxygen atoms in total. The van der Waals surface area contributed by atoms with E-state index in [9.17, 15) is 14.0 Å². The minimum absolute atomic E-state index is 0.0227. The summed E-state index contributed by atoms with van der Waals surface area (Å²) >= 11 is 0. The fraction of sp³-hybridized carbons (Fsp3) is 0.231. The minimum Gasteiger partial charge on any atom is -0.481 e. The molecule has 31 heavy (non-hydrogen) atoms. The van der Waals surface area contributed by atoms with E-state index in [-0.39, 0.29) is 23.5 Å². The van der Waals surface area contributed by atoms with Crippen LogP contribution in [0.25, 0.3) is 0 Å². The Morgan fingerprint density at radius 1 is 0.871 bits per heavy atom. The molecule has 3 aromatic rings. The van der Waals surface area contributed by atoms with Gasteiger partial charge in [0.1, 0.15) is 11.6 Å². The third kappa shape index (κ3) is 6.51. The predicted octanol–water partition coefficient (Wildman–Crippen LogP) is 4.96. The van der Waals surface area contributed by atoms with Crippen LogP contribution in [0.2, 0.25) is 0 Å². The van der Waals surface area contributed by atoms with Crippen LogP contribution in [0.4, 0.5) is 4.39 Å². The lowest BCUT2D eigenvalue weighted by Crippen LogP contribution is -2.41. The molecule has 2 atom stereocenters. The zero-order chi connectivity index (χ0) is 22.2. The highest BCUT2D eigenvalue weighted by molar-refractivity contribution is 6.09. The molecular weight excluding hydrogens is 393 g/mol. The summed E-state index contributed by atoms with van der Waals surface area (Å²) in [5.74, 6) is -0.284. The lowest BCUT2D eigenvalue weighted by molar-refractivity contribution is -0.127. The Labute approximate surface area is 182 Å². The molecule has 0 aromatic heterocycles. The minimum atomic E-state index is -0.669. The molecule has 0 unspecified atom stereocenters. The van der Waals surface area contributed by atoms with Gasteiger partial charge in [-0.1, -0.05) is 30.3 Å². The number of halogens is 1. The summed E-state index contributed by atoms with van der Waals surface area (Å²) in [6.45, 7) is 3.67. The Bertz CT molecular complexity index is 1000. The van der Waals surface area contributed by atoms with Crippen LogP contribution in [-0.2, 0) is 11.2 Å². The van der Waals surface area contributed by atoms with Gasteiger partial charge in [-0.3, -0.25) is 9.59 Å². The van der Waals surface area contributed by atoms with Gasteiger partial charge in [0.25, 0.3) is 5.91 Å². The van der Waals surface area contributed by atoms with Gasteiger partial charge >= 0.3 is 0 Å². The molecule has 0 aliphatic heterocycles. The topological polar surface area (TPSA) is 55.4 Å². The molecular formula is C26H26FNO3. The summed E-state index contributed by atoms with van der Waals surface area (Å²) in [7, 11) is 0. The van der Waals surface area contributed by atoms with Crippen LogP contribution >= 0.6 is 0 Å². The van der Waals surface area contributed by atoms with E-state index in [4.69, 9.17) is 4.74 Å². The second-order valence-corrected chi connectivity index (χ2v) is 7.55. The van der Waals surface area contributed by atoms with Crippen LogP contribution in [0.3, 0.4) is 0 Å². The van der Waals surface area contributed by atoms with Crippen molar-refractivity contribution in [3.63, 3.8) is 0 Å². The van der Waals surface area contributed by atoms with Crippen LogP contribution < -0.4 is 10.1 Å². The van der Waals surface area contributed by atoms with Gasteiger partial charge in [-0.15, -0.1) is 0 Å². The van der Waals surface area contributed by atoms with Gasteiger partial charge in [-0.05, 0) is 80.8 Å². The van der Waals surface area contributed by atoms with Crippen LogP contribution in [0.1, 0.15) is 41.8 Å². The number of nitrogens with one attached hydrogen (secondary N) is 1. The average Bonchev–Trinajstić information content (AvgIpc) is 2.79. The SMILES string of the molecule is C[C@@H](CCc1ccccc1)NC(=O)[C@@H](C)Oc1ccc(C(=O)c2ccc(F)cc2)cc1. The van der Waals surface area contributed by atoms with E-state index >= 15 is 0 Å². The van der Waals surface area contributed by atoms with Crippen LogP contribution in [0.15, 0.2) is 78.9 Å². The van der Waals surface area contributed by atoms with Gasteiger partial charge in [0, 0.05) is 17.2 Å². The van der Waals surface area contributed by atoms with Gasteiger partial charge in [0.05, 0.1) is 0 Å². The number of amides is 1. The molecule has 0 saturated carbocycles. The lowest BCUT2D eigenvalue weighted by Gasteiger charge is -2.19. The highest BCUT2D eigenvalue weighted by atomic mass is 19.1. The van der Waals surface area contributed by atoms with E-state index in [1.54, 1.807) is 31.2 Å². The maximum Gasteiger partial charge on any atom is 0.260 e. The monoisotopic (exact) mass is 419 g/mol. The first-order valence-electron chi connectivity index (χ1n) is 10.3. The number of aryl methyl sites for hydroxylation is 1. The van der Waals surface area contributed by atoms with Crippen molar-refractivity contribution in [1.29, 1.82) is 0 Å². The van der Waals surface area contributed by atoms with Gasteiger partial charge in [-0.25, -0.2) is 4.39 Å². The summed E-state index contributed by atoms with van der Waals surface area (Å²) in [4.78, 5) is 24.9. The van der Waals surface area contributed by atoms with Crippen molar-refractivity contribution >= 4 is 11.7 Å². The Morgan fingerprint density at radius 2 is 1.45 bits per heavy atom. The molecule has 0 radical (unpaired) electrons. The molecule has 3 rings (SSSR count). The molecule has 1 amide bonds. The maximum atomic E-state index is 13.0. The molecule has 5 heteroatoms. The molecule has 0 heterocycles. The number of carbonyl (C=O) groups is 2. The van der Waals surface area contributed by atoms with Crippen molar-refractivity contribution < 1.29 is 18.7 Å². The summed E-state index contributed by atoms with van der Waals surface area (Å²) in [5, 5.41) is 2.98. The van der Waals surface area contributed by atoms with E-state index in [0.29, 0.717) is 16.9 Å². The quantitative estimate of drug-likeness (QED) is 0.499. The van der Waals surface area contributed by atoms with Crippen LogP contribution in [-0.4, -0.2) is 23.8 Å². The van der Waals surface area contributed by atoms with Crippen molar-refractivity contribution in [2.24, 2.45) is 0 Å². The Kier molecular flexibility index (Phi) is 7.55. The molecule has 0 spiro atoms. The van der Waals surface area contributed by atoms with Crippen molar-refractivity contribution in [3.8, 4) is 5.75 Å². The molecule has 160 valence electrons. The first kappa shape index (κ1) is 22.2. The fourth-order valence-corrected chi connectivity index (χ4v) is 3.17. The normalized spacial score (nSPS) is 12.6. The highest BCUT2D eigenvalue weighted by Crippen LogP contribution is 2.17. The molecule has 0 saturated heterocycles. The molecule has 0 aliphatic carbocycles. The number of rotatable bonds is 9. The van der Waals surface area contributed by atoms with E-state index < -0.39 is 6.10 Å². The average molecular weight is 419 g/mol. The zero-order valence-electron chi connectivity index (χ0n) is 17.7. The second kappa shape index (κ2) is 10.5. The highest BCUT2D eigenvalue weighted by Gasteiger charge is 2.17. The number of carbonyl (C=O) groups excluding carboxylic acids is 2. The summed E-state index contributed by atoms with van der Waals surface area (Å²) < 4.78 is 18.8. The van der Waals surface area contributed by atoms with Crippen molar-refractivity contribution in [2.45, 2.75) is 38.8 Å². The number of ketones is 1. The van der Waals surface area contributed by atoms with Crippen molar-refractivity contribution in [1.82, 2.24) is 5.32 Å². The summed E-state index contributed by atoms with van der Waals surface area (Å²) in [6.07, 6.45) is 1.06. The first-order valence-corrected chi connectivity index (χ1v) is 10.3. The first-order chi connectivity index (χ1) is 14.9. The third-order valence-corrected chi connectivity index (χ3v) is 5.00. The molecule has 1 N–H and O–H groups in total. The number of benzene rings is 3. The van der Waals surface area contributed by atoms with Crippen molar-refractivity contribution in [3.05, 3.63) is 101 Å². The zero-order valence-corrected chi connectivity index (χ0v) is 17.7. The second-order valence-electron chi connectivity index (χ2n) is 7.55. The smallest absolute Gasteiger partial charge is 0.260 e. The van der Waals surface area contributed by atoms with Crippen molar-refractivity contribution in [2.75, 3.05) is 0 Å². The van der Waals surface area contributed by atoms with Gasteiger partial charge in [0.15, 0.2) is 11.9 Å². The van der Waals surface area contributed by atoms with Gasteiger partial charge in [0.2, 0.25) is 0 Å². The fourth-order valence-electron chi connectivity index (χ4n) is 3.17. The number of hydrogen-bond acceptors (Lipinski definition) is 3. The lowest BCUT2D eigenvalue weighted by atomic mass is 10.0. The molecule has 0 fully saturated rings. The predicted molar refractivity (Wildman–Crippen MR) is 119 cm³/mol. The van der Waals surface area contributed by atoms with E-state index in [2.05, 4.69) is 17.4 Å². The summed E-state index contributed by atoms with van der Waals surface area (Å²) in [5.41, 5.74) is 2.11. The Balaban J connectivity index is 1.50. The Morgan fingerprint density at radius 3 is 2.06 bits per heavy atom. The summed E-state index contributed by atoms with van der Waals surface area (Å²) in [6, 6.07) is 22.2. The van der Waals surface area contributed by atoms with Crippen LogP contribution in [0, 0.1) is 5.82 Å². The van der Waals surface area contributed by atoms with E-state index in [1.807, 2.05) is 25.1 Å². The number of ether oxygens (including phenoxy) is 1. The van der Waals surface area contributed by atoms with E-state index in [1.165, 1.54) is 29.8 Å². The molecule has 3 aromatic carbocycles.